The van der Waals surface area contributed by atoms with Crippen LogP contribution in [0.2, 0.25) is 0 Å². The molecule has 0 saturated heterocycles. The van der Waals surface area contributed by atoms with Crippen LogP contribution in [0.4, 0.5) is 8.78 Å². The van der Waals surface area contributed by atoms with Crippen molar-refractivity contribution in [2.75, 3.05) is 6.54 Å². The van der Waals surface area contributed by atoms with Crippen LogP contribution in [-0.2, 0) is 11.8 Å². The minimum Gasteiger partial charge on any atom is -0.330 e. The number of hydrogen-bond donors (Lipinski definition) is 1. The summed E-state index contributed by atoms with van der Waals surface area (Å²) in [5.41, 5.74) is 7.35. The third-order valence-corrected chi connectivity index (χ3v) is 3.56. The monoisotopic (exact) mass is 225 g/mol. The number of benzene rings is 1. The summed E-state index contributed by atoms with van der Waals surface area (Å²) in [5, 5.41) is 0. The zero-order valence-corrected chi connectivity index (χ0v) is 9.47. The average molecular weight is 225 g/mol. The van der Waals surface area contributed by atoms with Gasteiger partial charge in [-0.1, -0.05) is 31.2 Å². The molecule has 1 saturated carbocycles. The van der Waals surface area contributed by atoms with Crippen LogP contribution in [0.1, 0.15) is 30.9 Å². The second-order valence-electron chi connectivity index (χ2n) is 4.74. The number of alkyl halides is 2. The smallest absolute Gasteiger partial charge is 0.250 e. The Morgan fingerprint density at radius 2 is 1.75 bits per heavy atom. The first-order valence-corrected chi connectivity index (χ1v) is 5.69. The van der Waals surface area contributed by atoms with Crippen LogP contribution in [0.5, 0.6) is 0 Å². The Balaban J connectivity index is 2.22. The molecule has 0 amide bonds. The van der Waals surface area contributed by atoms with Crippen LogP contribution >= 0.6 is 0 Å². The molecule has 1 aromatic carbocycles. The van der Waals surface area contributed by atoms with Crippen molar-refractivity contribution in [3.8, 4) is 0 Å². The van der Waals surface area contributed by atoms with Crippen LogP contribution in [0, 0.1) is 0 Å². The van der Waals surface area contributed by atoms with Gasteiger partial charge in [0.15, 0.2) is 0 Å². The van der Waals surface area contributed by atoms with Crippen molar-refractivity contribution in [3.05, 3.63) is 35.4 Å². The number of rotatable bonds is 3. The minimum absolute atomic E-state index is 0.109. The van der Waals surface area contributed by atoms with Gasteiger partial charge in [0, 0.05) is 24.8 Å². The van der Waals surface area contributed by atoms with E-state index in [1.165, 1.54) is 5.56 Å². The molecular formula is C13H17F2N. The fourth-order valence-corrected chi connectivity index (χ4v) is 2.50. The summed E-state index contributed by atoms with van der Waals surface area (Å²) in [6.45, 7) is 2.37. The Kier molecular flexibility index (Phi) is 2.74. The first-order chi connectivity index (χ1) is 7.51. The van der Waals surface area contributed by atoms with Crippen molar-refractivity contribution in [1.29, 1.82) is 0 Å². The van der Waals surface area contributed by atoms with Gasteiger partial charge < -0.3 is 5.73 Å². The molecule has 1 fully saturated rings. The van der Waals surface area contributed by atoms with Crippen molar-refractivity contribution in [2.45, 2.75) is 37.5 Å². The molecule has 3 heteroatoms. The molecule has 0 unspecified atom stereocenters. The largest absolute Gasteiger partial charge is 0.330 e. The molecule has 0 aromatic heterocycles. The fourth-order valence-electron chi connectivity index (χ4n) is 2.50. The van der Waals surface area contributed by atoms with Gasteiger partial charge in [-0.3, -0.25) is 0 Å². The lowest BCUT2D eigenvalue weighted by Crippen LogP contribution is -2.53. The summed E-state index contributed by atoms with van der Waals surface area (Å²) in [7, 11) is 0. The summed E-state index contributed by atoms with van der Waals surface area (Å²) in [6.07, 6.45) is 0.746. The molecule has 0 spiro atoms. The van der Waals surface area contributed by atoms with Crippen LogP contribution in [0.25, 0.3) is 0 Å². The lowest BCUT2D eigenvalue weighted by molar-refractivity contribution is -0.123. The van der Waals surface area contributed by atoms with Gasteiger partial charge in [0.2, 0.25) is 5.92 Å². The molecule has 0 bridgehead atoms. The first-order valence-electron chi connectivity index (χ1n) is 5.69. The Morgan fingerprint density at radius 1 is 1.19 bits per heavy atom. The van der Waals surface area contributed by atoms with Gasteiger partial charge in [-0.15, -0.1) is 0 Å². The van der Waals surface area contributed by atoms with Gasteiger partial charge in [-0.2, -0.15) is 0 Å². The molecule has 1 aliphatic rings. The quantitative estimate of drug-likeness (QED) is 0.841. The summed E-state index contributed by atoms with van der Waals surface area (Å²) in [4.78, 5) is 0. The second-order valence-corrected chi connectivity index (χ2v) is 4.74. The SMILES string of the molecule is CCc1ccc(C2(CN)CC(F)(F)C2)cc1. The Hall–Kier alpha value is -0.960. The highest BCUT2D eigenvalue weighted by molar-refractivity contribution is 5.33. The lowest BCUT2D eigenvalue weighted by Gasteiger charge is -2.47. The molecule has 1 nitrogen and oxygen atoms in total. The minimum atomic E-state index is -2.53. The fraction of sp³-hybridized carbons (Fsp3) is 0.538. The van der Waals surface area contributed by atoms with Gasteiger partial charge in [0.25, 0.3) is 0 Å². The van der Waals surface area contributed by atoms with Crippen LogP contribution in [-0.4, -0.2) is 12.5 Å². The highest BCUT2D eigenvalue weighted by Crippen LogP contribution is 2.52. The van der Waals surface area contributed by atoms with Crippen LogP contribution in [0.15, 0.2) is 24.3 Å². The van der Waals surface area contributed by atoms with Gasteiger partial charge in [-0.25, -0.2) is 8.78 Å². The normalized spacial score (nSPS) is 21.5. The lowest BCUT2D eigenvalue weighted by atomic mass is 9.62. The van der Waals surface area contributed by atoms with Crippen molar-refractivity contribution in [3.63, 3.8) is 0 Å². The van der Waals surface area contributed by atoms with E-state index in [2.05, 4.69) is 6.92 Å². The van der Waals surface area contributed by atoms with E-state index in [1.807, 2.05) is 24.3 Å². The van der Waals surface area contributed by atoms with Gasteiger partial charge >= 0.3 is 0 Å². The Labute approximate surface area is 94.7 Å². The highest BCUT2D eigenvalue weighted by atomic mass is 19.3. The highest BCUT2D eigenvalue weighted by Gasteiger charge is 2.56. The van der Waals surface area contributed by atoms with Gasteiger partial charge in [0.1, 0.15) is 0 Å². The molecule has 88 valence electrons. The van der Waals surface area contributed by atoms with Crippen LogP contribution in [0.3, 0.4) is 0 Å². The number of halogens is 2. The van der Waals surface area contributed by atoms with E-state index >= 15 is 0 Å². The van der Waals surface area contributed by atoms with E-state index in [0.29, 0.717) is 6.54 Å². The molecule has 0 heterocycles. The van der Waals surface area contributed by atoms with Gasteiger partial charge in [-0.05, 0) is 17.5 Å². The summed E-state index contributed by atoms with van der Waals surface area (Å²) in [5.74, 6) is -2.53. The average Bonchev–Trinajstić information content (AvgIpc) is 2.25. The molecule has 2 rings (SSSR count). The van der Waals surface area contributed by atoms with E-state index in [4.69, 9.17) is 5.73 Å². The zero-order valence-electron chi connectivity index (χ0n) is 9.47. The predicted molar refractivity (Wildman–Crippen MR) is 60.7 cm³/mol. The number of hydrogen-bond acceptors (Lipinski definition) is 1. The maximum absolute atomic E-state index is 13.0. The molecule has 0 radical (unpaired) electrons. The zero-order chi connectivity index (χ0) is 11.8. The molecule has 16 heavy (non-hydrogen) atoms. The molecular weight excluding hydrogens is 208 g/mol. The van der Waals surface area contributed by atoms with Crippen molar-refractivity contribution < 1.29 is 8.78 Å². The summed E-state index contributed by atoms with van der Waals surface area (Å²) in [6, 6.07) is 7.90. The van der Waals surface area contributed by atoms with E-state index in [-0.39, 0.29) is 12.8 Å². The van der Waals surface area contributed by atoms with Crippen LogP contribution < -0.4 is 5.73 Å². The molecule has 1 aliphatic carbocycles. The maximum Gasteiger partial charge on any atom is 0.250 e. The Morgan fingerprint density at radius 3 is 2.12 bits per heavy atom. The van der Waals surface area contributed by atoms with E-state index in [9.17, 15) is 8.78 Å². The third-order valence-electron chi connectivity index (χ3n) is 3.56. The molecule has 0 atom stereocenters. The van der Waals surface area contributed by atoms with Crippen molar-refractivity contribution in [2.24, 2.45) is 5.73 Å². The summed E-state index contributed by atoms with van der Waals surface area (Å²) < 4.78 is 26.0. The topological polar surface area (TPSA) is 26.0 Å². The first kappa shape index (κ1) is 11.5. The molecule has 1 aromatic rings. The predicted octanol–water partition coefficient (Wildman–Crippen LogP) is 2.87. The molecule has 2 N–H and O–H groups in total. The summed E-state index contributed by atoms with van der Waals surface area (Å²) >= 11 is 0. The molecule has 0 aliphatic heterocycles. The number of nitrogens with two attached hydrogens (primary N) is 1. The number of aryl methyl sites for hydroxylation is 1. The van der Waals surface area contributed by atoms with Gasteiger partial charge in [0.05, 0.1) is 0 Å². The van der Waals surface area contributed by atoms with Crippen molar-refractivity contribution in [1.82, 2.24) is 0 Å². The standard InChI is InChI=1S/C13H17F2N/c1-2-10-3-5-11(6-4-10)12(9-16)7-13(14,15)8-12/h3-6H,2,7-9,16H2,1H3. The van der Waals surface area contributed by atoms with E-state index in [0.717, 1.165) is 12.0 Å². The van der Waals surface area contributed by atoms with E-state index in [1.54, 1.807) is 0 Å². The third kappa shape index (κ3) is 1.84. The second kappa shape index (κ2) is 3.81. The van der Waals surface area contributed by atoms with Crippen molar-refractivity contribution >= 4 is 0 Å². The Bertz CT molecular complexity index is 362. The maximum atomic E-state index is 13.0. The van der Waals surface area contributed by atoms with E-state index < -0.39 is 11.3 Å².